The number of esters is 1. The Morgan fingerprint density at radius 2 is 1.60 bits per heavy atom. The van der Waals surface area contributed by atoms with Crippen LogP contribution in [0.4, 0.5) is 11.4 Å². The number of aliphatic hydroxyl groups is 3. The highest BCUT2D eigenvalue weighted by atomic mass is 16.7. The number of carbonyl (C=O) groups is 2. The Balaban J connectivity index is 1.46. The van der Waals surface area contributed by atoms with E-state index in [4.69, 9.17) is 28.3 Å². The summed E-state index contributed by atoms with van der Waals surface area (Å²) in [5.74, 6) is -6.94. The number of anilines is 2. The van der Waals surface area contributed by atoms with Gasteiger partial charge in [-0.1, -0.05) is 45.9 Å². The standard InChI is InChI=1S/C51H64N4O13/c1-24-14-13-15-25(2)49(63)53-40-44(61)36-35(39-47(40)67-34-23-31(22-32(57)38(34)52-39)54-17-19-55(20-18-54)50(8,9)10)37-46(29(6)43(36)60)68-51(11,48(37)62)65-21-16-33(64-12)26(3)45(66-30(7)56)28(5)42(59)27(4)41(24)58/h13-16,21-24,26-28,33,41-42,45,58-60,62H,17-20H2,1-12H3,(H,53,63)/b14-13-,21-16?,25-15-/t24-,26-,27+,28-,33-,41-,42+,45+,51-/m0/s1. The number of allylic oxidation sites excluding steroid dienone is 2. The third kappa shape index (κ3) is 9.04. The maximum Gasteiger partial charge on any atom is 0.307 e. The van der Waals surface area contributed by atoms with Crippen molar-refractivity contribution in [1.82, 2.24) is 9.88 Å². The molecule has 0 radical (unpaired) electrons. The number of hydrogen-bond donors (Lipinski definition) is 5. The second-order valence-corrected chi connectivity index (χ2v) is 19.7. The first-order valence-corrected chi connectivity index (χ1v) is 23.0. The van der Waals surface area contributed by atoms with Crippen LogP contribution in [-0.4, -0.2) is 111 Å². The number of aromatic nitrogens is 1. The fourth-order valence-electron chi connectivity index (χ4n) is 9.69. The van der Waals surface area contributed by atoms with Crippen LogP contribution in [0.25, 0.3) is 38.7 Å². The first-order chi connectivity index (χ1) is 31.9. The highest BCUT2D eigenvalue weighted by Crippen LogP contribution is 2.42. The molecule has 5 N–H and O–H groups in total. The summed E-state index contributed by atoms with van der Waals surface area (Å²) in [5, 5.41) is 49.3. The molecule has 4 bridgehead atoms. The first kappa shape index (κ1) is 49.9. The Morgan fingerprint density at radius 1 is 0.926 bits per heavy atom. The van der Waals surface area contributed by atoms with Crippen molar-refractivity contribution in [3.63, 3.8) is 0 Å². The van der Waals surface area contributed by atoms with E-state index < -0.39 is 88.1 Å². The highest BCUT2D eigenvalue weighted by Gasteiger charge is 2.44. The number of ether oxygens (including phenoxy) is 4. The van der Waals surface area contributed by atoms with Gasteiger partial charge in [0, 0.05) is 111 Å². The number of piperazine rings is 1. The van der Waals surface area contributed by atoms with Crippen molar-refractivity contribution in [2.45, 2.75) is 112 Å². The number of hydrogen-bond acceptors (Lipinski definition) is 16. The minimum Gasteiger partial charge on any atom is -0.507 e. The molecule has 7 rings (SSSR count). The predicted molar refractivity (Wildman–Crippen MR) is 259 cm³/mol. The van der Waals surface area contributed by atoms with Gasteiger partial charge in [-0.25, -0.2) is 4.98 Å². The molecule has 4 heterocycles. The van der Waals surface area contributed by atoms with Crippen molar-refractivity contribution < 1.29 is 53.4 Å². The lowest BCUT2D eigenvalue weighted by atomic mass is 9.78. The van der Waals surface area contributed by atoms with Gasteiger partial charge in [-0.2, -0.15) is 0 Å². The van der Waals surface area contributed by atoms with Gasteiger partial charge in [0.15, 0.2) is 22.4 Å². The van der Waals surface area contributed by atoms with Crippen molar-refractivity contribution in [3.05, 3.63) is 79.5 Å². The van der Waals surface area contributed by atoms with E-state index in [2.05, 4.69) is 35.9 Å². The zero-order valence-corrected chi connectivity index (χ0v) is 40.8. The molecule has 0 saturated carbocycles. The molecule has 3 aliphatic rings. The maximum absolute atomic E-state index is 14.9. The lowest BCUT2D eigenvalue weighted by Gasteiger charge is -2.43. The SMILES string of the molecule is CO[C@H]1C=CO[C@@]2(C)Oc3c(C)c(O)c4c(=O)c(c5oc6cc(N7CCN(C(C)(C)C)CC7)cc(=O)c6nc5c4c3=C2O)NC(=O)/C(C)=C\C=C/[C@H](C)[C@H](O)[C@@H](C)[C@@H](O)[C@H](C)[C@H](OC(C)=O)[C@H]1C. The lowest BCUT2D eigenvalue weighted by molar-refractivity contribution is -0.160. The molecule has 0 aliphatic carbocycles. The Hall–Kier alpha value is -6.01. The molecule has 0 unspecified atom stereocenters. The number of nitrogens with zero attached hydrogens (tertiary/aromatic N) is 3. The van der Waals surface area contributed by atoms with Crippen LogP contribution in [0.3, 0.4) is 0 Å². The van der Waals surface area contributed by atoms with E-state index in [1.54, 1.807) is 45.9 Å². The number of aliphatic hydroxyl groups excluding tert-OH is 3. The van der Waals surface area contributed by atoms with Gasteiger partial charge in [0.2, 0.25) is 10.9 Å². The average molecular weight is 941 g/mol. The third-order valence-corrected chi connectivity index (χ3v) is 14.0. The van der Waals surface area contributed by atoms with Crippen LogP contribution in [-0.2, 0) is 23.8 Å². The topological polar surface area (TPSA) is 231 Å². The number of amides is 1. The molecule has 9 atom stereocenters. The number of phenolic OH excluding ortho intramolecular Hbond substituents is 1. The average Bonchev–Trinajstić information content (AvgIpc) is 3.56. The minimum absolute atomic E-state index is 0.0331. The number of carbonyl (C=O) groups excluding carboxylic acids is 2. The van der Waals surface area contributed by atoms with Gasteiger partial charge in [-0.15, -0.1) is 0 Å². The van der Waals surface area contributed by atoms with Gasteiger partial charge < -0.3 is 54.0 Å². The molecule has 3 aromatic carbocycles. The summed E-state index contributed by atoms with van der Waals surface area (Å²) < 4.78 is 30.5. The highest BCUT2D eigenvalue weighted by molar-refractivity contribution is 6.16. The van der Waals surface area contributed by atoms with Crippen molar-refractivity contribution in [2.75, 3.05) is 43.5 Å². The minimum atomic E-state index is -1.98. The number of phenols is 1. The Kier molecular flexibility index (Phi) is 13.8. The van der Waals surface area contributed by atoms with E-state index in [-0.39, 0.29) is 66.3 Å². The summed E-state index contributed by atoms with van der Waals surface area (Å²) in [5.41, 5.74) is -1.43. The smallest absolute Gasteiger partial charge is 0.307 e. The van der Waals surface area contributed by atoms with Gasteiger partial charge in [0.25, 0.3) is 5.91 Å². The molecule has 1 aromatic heterocycles. The van der Waals surface area contributed by atoms with E-state index in [1.165, 1.54) is 59.3 Å². The number of rotatable bonds is 3. The summed E-state index contributed by atoms with van der Waals surface area (Å²) in [4.78, 5) is 64.7. The zero-order valence-electron chi connectivity index (χ0n) is 40.8. The summed E-state index contributed by atoms with van der Waals surface area (Å²) >= 11 is 0. The van der Waals surface area contributed by atoms with Crippen molar-refractivity contribution in [2.24, 2.45) is 23.7 Å². The predicted octanol–water partition coefficient (Wildman–Crippen LogP) is 5.48. The molecule has 1 fully saturated rings. The third-order valence-electron chi connectivity index (χ3n) is 14.0. The molecule has 366 valence electrons. The molecule has 17 heteroatoms. The maximum atomic E-state index is 14.9. The molecular formula is C51H64N4O13. The molecule has 17 nitrogen and oxygen atoms in total. The van der Waals surface area contributed by atoms with Crippen LogP contribution in [0.15, 0.2) is 62.3 Å². The van der Waals surface area contributed by atoms with Gasteiger partial charge >= 0.3 is 11.8 Å². The Morgan fingerprint density at radius 3 is 2.24 bits per heavy atom. The molecule has 1 amide bonds. The Bertz CT molecular complexity index is 2930. The van der Waals surface area contributed by atoms with E-state index in [0.29, 0.717) is 18.8 Å². The molecule has 1 saturated heterocycles. The van der Waals surface area contributed by atoms with Crippen LogP contribution in [0.5, 0.6) is 11.5 Å². The molecular weight excluding hydrogens is 877 g/mol. The summed E-state index contributed by atoms with van der Waals surface area (Å²) in [6.45, 7) is 21.8. The summed E-state index contributed by atoms with van der Waals surface area (Å²) in [6.07, 6.45) is 3.56. The van der Waals surface area contributed by atoms with Crippen LogP contribution in [0, 0.1) is 30.6 Å². The van der Waals surface area contributed by atoms with Crippen LogP contribution in [0.2, 0.25) is 0 Å². The summed E-state index contributed by atoms with van der Waals surface area (Å²) in [7, 11) is 1.45. The molecule has 0 spiro atoms. The lowest BCUT2D eigenvalue weighted by Crippen LogP contribution is -2.53. The normalized spacial score (nSPS) is 29.2. The Labute approximate surface area is 394 Å². The fraction of sp³-hybridized carbons (Fsp3) is 0.510. The van der Waals surface area contributed by atoms with E-state index in [0.717, 1.165) is 13.1 Å². The fourth-order valence-corrected chi connectivity index (χ4v) is 9.69. The van der Waals surface area contributed by atoms with Gasteiger partial charge in [-0.05, 0) is 40.7 Å². The number of aromatic hydroxyl groups is 1. The van der Waals surface area contributed by atoms with Crippen molar-refractivity contribution >= 4 is 62.0 Å². The van der Waals surface area contributed by atoms with Crippen LogP contribution >= 0.6 is 0 Å². The molecule has 68 heavy (non-hydrogen) atoms. The van der Waals surface area contributed by atoms with E-state index >= 15 is 0 Å². The zero-order chi connectivity index (χ0) is 49.9. The number of methoxy groups -OCH3 is 1. The largest absolute Gasteiger partial charge is 0.507 e. The quantitative estimate of drug-likeness (QED) is 0.0973. The number of fused-ring (bicyclic) bond motifs is 2. The first-order valence-electron chi connectivity index (χ1n) is 23.0. The van der Waals surface area contributed by atoms with Crippen LogP contribution < -0.4 is 31.0 Å². The van der Waals surface area contributed by atoms with Crippen LogP contribution in [0.1, 0.15) is 74.8 Å². The molecule has 4 aromatic rings. The summed E-state index contributed by atoms with van der Waals surface area (Å²) in [6, 6.07) is 3.15. The number of nitrogens with one attached hydrogen (secondary N) is 1. The number of benzene rings is 3. The van der Waals surface area contributed by atoms with E-state index in [1.807, 2.05) is 0 Å². The van der Waals surface area contributed by atoms with E-state index in [9.17, 15) is 39.6 Å². The van der Waals surface area contributed by atoms with Gasteiger partial charge in [-0.3, -0.25) is 24.1 Å². The molecule has 3 aliphatic heterocycles. The second-order valence-electron chi connectivity index (χ2n) is 19.7. The van der Waals surface area contributed by atoms with Crippen molar-refractivity contribution in [1.29, 1.82) is 0 Å². The van der Waals surface area contributed by atoms with Gasteiger partial charge in [0.05, 0.1) is 35.2 Å². The monoisotopic (exact) mass is 940 g/mol. The van der Waals surface area contributed by atoms with Crippen molar-refractivity contribution in [3.8, 4) is 11.5 Å². The van der Waals surface area contributed by atoms with Gasteiger partial charge in [0.1, 0.15) is 28.8 Å². The second kappa shape index (κ2) is 18.8.